The van der Waals surface area contributed by atoms with Gasteiger partial charge in [0.05, 0.1) is 18.1 Å². The molecule has 0 aliphatic rings. The molecule has 0 saturated heterocycles. The van der Waals surface area contributed by atoms with Crippen LogP contribution in [0.1, 0.15) is 11.5 Å². The number of pyridine rings is 1. The van der Waals surface area contributed by atoms with Crippen molar-refractivity contribution >= 4 is 17.9 Å². The van der Waals surface area contributed by atoms with Crippen molar-refractivity contribution in [2.75, 3.05) is 5.43 Å². The van der Waals surface area contributed by atoms with Crippen molar-refractivity contribution in [3.63, 3.8) is 0 Å². The van der Waals surface area contributed by atoms with Crippen molar-refractivity contribution in [2.24, 2.45) is 5.10 Å². The van der Waals surface area contributed by atoms with Gasteiger partial charge in [0.25, 0.3) is 0 Å². The summed E-state index contributed by atoms with van der Waals surface area (Å²) in [5.41, 5.74) is 5.50. The fourth-order valence-corrected chi connectivity index (χ4v) is 1.99. The van der Waals surface area contributed by atoms with Gasteiger partial charge in [-0.1, -0.05) is 0 Å². The van der Waals surface area contributed by atoms with Crippen LogP contribution < -0.4 is 5.43 Å². The molecule has 2 aromatic heterocycles. The number of rotatable bonds is 6. The van der Waals surface area contributed by atoms with E-state index in [4.69, 9.17) is 9.52 Å². The van der Waals surface area contributed by atoms with Crippen LogP contribution in [-0.4, -0.2) is 27.3 Å². The molecule has 7 heteroatoms. The lowest BCUT2D eigenvalue weighted by Crippen LogP contribution is -1.99. The summed E-state index contributed by atoms with van der Waals surface area (Å²) in [6.07, 6.45) is 6.38. The van der Waals surface area contributed by atoms with Gasteiger partial charge in [-0.25, -0.2) is 4.98 Å². The Kier molecular flexibility index (Phi) is 4.62. The second-order valence-electron chi connectivity index (χ2n) is 4.92. The molecule has 120 valence electrons. The molecule has 0 amide bonds. The lowest BCUT2D eigenvalue weighted by Gasteiger charge is -2.01. The number of carboxylic acids is 1. The number of anilines is 1. The molecule has 0 fully saturated rings. The zero-order valence-corrected chi connectivity index (χ0v) is 12.6. The number of aliphatic carboxylic acids is 1. The van der Waals surface area contributed by atoms with Gasteiger partial charge in [-0.3, -0.25) is 15.2 Å². The number of nitrogens with one attached hydrogen (secondary N) is 1. The topological polar surface area (TPSA) is 101 Å². The van der Waals surface area contributed by atoms with Gasteiger partial charge in [0.2, 0.25) is 5.89 Å². The van der Waals surface area contributed by atoms with E-state index in [-0.39, 0.29) is 12.3 Å². The lowest BCUT2D eigenvalue weighted by atomic mass is 10.2. The minimum atomic E-state index is -0.977. The zero-order valence-electron chi connectivity index (χ0n) is 12.6. The normalized spacial score (nSPS) is 10.8. The van der Waals surface area contributed by atoms with Crippen molar-refractivity contribution in [3.8, 4) is 11.3 Å². The quantitative estimate of drug-likeness (QED) is 0.534. The van der Waals surface area contributed by atoms with Crippen LogP contribution in [0.15, 0.2) is 64.5 Å². The van der Waals surface area contributed by atoms with Crippen LogP contribution in [-0.2, 0) is 11.2 Å². The molecule has 0 atom stereocenters. The van der Waals surface area contributed by atoms with Gasteiger partial charge in [-0.05, 0) is 42.0 Å². The van der Waals surface area contributed by atoms with Crippen molar-refractivity contribution < 1.29 is 14.3 Å². The Morgan fingerprint density at radius 2 is 1.96 bits per heavy atom. The highest BCUT2D eigenvalue weighted by molar-refractivity contribution is 5.79. The Bertz CT molecular complexity index is 842. The van der Waals surface area contributed by atoms with E-state index >= 15 is 0 Å². The first-order valence-electron chi connectivity index (χ1n) is 7.17. The molecule has 0 spiro atoms. The van der Waals surface area contributed by atoms with Crippen LogP contribution >= 0.6 is 0 Å². The Hall–Kier alpha value is -3.48. The molecule has 7 nitrogen and oxygen atoms in total. The summed E-state index contributed by atoms with van der Waals surface area (Å²) in [6.45, 7) is 0. The number of hydrogen-bond acceptors (Lipinski definition) is 6. The van der Waals surface area contributed by atoms with Crippen LogP contribution in [0.25, 0.3) is 11.3 Å². The van der Waals surface area contributed by atoms with Gasteiger partial charge in [0.15, 0.2) is 5.76 Å². The Morgan fingerprint density at radius 1 is 1.21 bits per heavy atom. The Balaban J connectivity index is 1.64. The van der Waals surface area contributed by atoms with Gasteiger partial charge in [0.1, 0.15) is 6.42 Å². The summed E-state index contributed by atoms with van der Waals surface area (Å²) >= 11 is 0. The van der Waals surface area contributed by atoms with Crippen molar-refractivity contribution in [2.45, 2.75) is 6.42 Å². The van der Waals surface area contributed by atoms with Gasteiger partial charge in [0, 0.05) is 18.0 Å². The summed E-state index contributed by atoms with van der Waals surface area (Å²) in [7, 11) is 0. The molecule has 3 rings (SSSR count). The summed E-state index contributed by atoms with van der Waals surface area (Å²) in [5.74, 6) is -0.269. The molecule has 2 heterocycles. The molecule has 24 heavy (non-hydrogen) atoms. The predicted molar refractivity (Wildman–Crippen MR) is 88.7 cm³/mol. The van der Waals surface area contributed by atoms with Crippen molar-refractivity contribution in [3.05, 3.63) is 66.4 Å². The lowest BCUT2D eigenvalue weighted by molar-refractivity contribution is -0.136. The van der Waals surface area contributed by atoms with Gasteiger partial charge in [-0.2, -0.15) is 5.10 Å². The molecule has 0 bridgehead atoms. The highest BCUT2D eigenvalue weighted by Crippen LogP contribution is 2.22. The summed E-state index contributed by atoms with van der Waals surface area (Å²) in [4.78, 5) is 18.5. The van der Waals surface area contributed by atoms with Crippen molar-refractivity contribution in [1.82, 2.24) is 9.97 Å². The molecular weight excluding hydrogens is 308 g/mol. The average Bonchev–Trinajstić information content (AvgIpc) is 3.04. The molecule has 0 aliphatic carbocycles. The van der Waals surface area contributed by atoms with Gasteiger partial charge in [-0.15, -0.1) is 0 Å². The van der Waals surface area contributed by atoms with Crippen LogP contribution in [0.2, 0.25) is 0 Å². The fraction of sp³-hybridized carbons (Fsp3) is 0.0588. The summed E-state index contributed by atoms with van der Waals surface area (Å²) < 4.78 is 5.41. The number of benzene rings is 1. The maximum Gasteiger partial charge on any atom is 0.312 e. The third-order valence-corrected chi connectivity index (χ3v) is 3.14. The zero-order chi connectivity index (χ0) is 16.8. The van der Waals surface area contributed by atoms with E-state index in [1.165, 1.54) is 6.20 Å². The minimum Gasteiger partial charge on any atom is -0.481 e. The van der Waals surface area contributed by atoms with E-state index in [1.54, 1.807) is 18.6 Å². The number of aromatic nitrogens is 2. The number of oxazole rings is 1. The summed E-state index contributed by atoms with van der Waals surface area (Å²) in [6, 6.07) is 11.1. The van der Waals surface area contributed by atoms with Crippen LogP contribution in [0.5, 0.6) is 0 Å². The first-order valence-corrected chi connectivity index (χ1v) is 7.17. The minimum absolute atomic E-state index is 0.182. The molecule has 1 aromatic carbocycles. The van der Waals surface area contributed by atoms with E-state index in [2.05, 4.69) is 20.5 Å². The molecule has 0 saturated carbocycles. The highest BCUT2D eigenvalue weighted by Gasteiger charge is 2.09. The molecular formula is C17H14N4O3. The highest BCUT2D eigenvalue weighted by atomic mass is 16.4. The van der Waals surface area contributed by atoms with E-state index in [0.29, 0.717) is 5.76 Å². The molecule has 2 N–H and O–H groups in total. The average molecular weight is 322 g/mol. The molecule has 0 unspecified atom stereocenters. The summed E-state index contributed by atoms with van der Waals surface area (Å²) in [5, 5.41) is 12.9. The van der Waals surface area contributed by atoms with Gasteiger partial charge < -0.3 is 9.52 Å². The van der Waals surface area contributed by atoms with E-state index in [1.807, 2.05) is 36.4 Å². The smallest absolute Gasteiger partial charge is 0.312 e. The standard InChI is InChI=1S/C17H14N4O3/c22-17(23)9-16-19-11-15(24-16)13-1-3-14(4-2-13)21-20-10-12-5-7-18-8-6-12/h1-8,10-11,21H,9H2,(H,22,23). The molecule has 3 aromatic rings. The van der Waals surface area contributed by atoms with Crippen molar-refractivity contribution in [1.29, 1.82) is 0 Å². The SMILES string of the molecule is O=C(O)Cc1ncc(-c2ccc(NN=Cc3ccncc3)cc2)o1. The maximum absolute atomic E-state index is 10.6. The number of carboxylic acid groups (broad SMARTS) is 1. The molecule has 0 radical (unpaired) electrons. The van der Waals surface area contributed by atoms with Crippen LogP contribution in [0, 0.1) is 0 Å². The Labute approximate surface area is 137 Å². The van der Waals surface area contributed by atoms with E-state index < -0.39 is 5.97 Å². The van der Waals surface area contributed by atoms with Crippen LogP contribution in [0.3, 0.4) is 0 Å². The second-order valence-corrected chi connectivity index (χ2v) is 4.92. The van der Waals surface area contributed by atoms with Crippen LogP contribution in [0.4, 0.5) is 5.69 Å². The van der Waals surface area contributed by atoms with Gasteiger partial charge >= 0.3 is 5.97 Å². The molecule has 0 aliphatic heterocycles. The maximum atomic E-state index is 10.6. The third-order valence-electron chi connectivity index (χ3n) is 3.14. The predicted octanol–water partition coefficient (Wildman–Crippen LogP) is 2.81. The first kappa shape index (κ1) is 15.4. The largest absolute Gasteiger partial charge is 0.481 e. The fourth-order valence-electron chi connectivity index (χ4n) is 1.99. The monoisotopic (exact) mass is 322 g/mol. The first-order chi connectivity index (χ1) is 11.7. The number of hydrazone groups is 1. The number of nitrogens with zero attached hydrogens (tertiary/aromatic N) is 3. The second kappa shape index (κ2) is 7.19. The van der Waals surface area contributed by atoms with E-state index in [9.17, 15) is 4.79 Å². The van der Waals surface area contributed by atoms with E-state index in [0.717, 1.165) is 16.8 Å². The number of carbonyl (C=O) groups is 1. The third kappa shape index (κ3) is 4.04. The Morgan fingerprint density at radius 3 is 2.67 bits per heavy atom. The number of hydrogen-bond donors (Lipinski definition) is 2.